The van der Waals surface area contributed by atoms with Crippen LogP contribution < -0.4 is 5.32 Å². The second-order valence-corrected chi connectivity index (χ2v) is 6.33. The molecule has 1 unspecified atom stereocenters. The summed E-state index contributed by atoms with van der Waals surface area (Å²) in [6.07, 6.45) is 6.89. The molecule has 3 nitrogen and oxygen atoms in total. The number of halogens is 2. The molecule has 1 aromatic rings. The molecule has 0 aliphatic heterocycles. The largest absolute Gasteiger partial charge is 0.468 e. The first kappa shape index (κ1) is 16.4. The molecule has 116 valence electrons. The van der Waals surface area contributed by atoms with Crippen molar-refractivity contribution >= 4 is 21.9 Å². The van der Waals surface area contributed by atoms with Crippen molar-refractivity contribution in [3.05, 3.63) is 34.1 Å². The molecule has 1 N–H and O–H groups in total. The minimum Gasteiger partial charge on any atom is -0.468 e. The summed E-state index contributed by atoms with van der Waals surface area (Å²) >= 11 is 3.39. The number of esters is 1. The van der Waals surface area contributed by atoms with Crippen molar-refractivity contribution in [2.45, 2.75) is 50.6 Å². The van der Waals surface area contributed by atoms with E-state index in [1.807, 2.05) is 0 Å². The van der Waals surface area contributed by atoms with Crippen molar-refractivity contribution in [3.8, 4) is 0 Å². The van der Waals surface area contributed by atoms with E-state index in [-0.39, 0.29) is 17.8 Å². The molecule has 1 aromatic carbocycles. The molecule has 0 aromatic heterocycles. The smallest absolute Gasteiger partial charge is 0.327 e. The van der Waals surface area contributed by atoms with E-state index in [0.29, 0.717) is 10.0 Å². The van der Waals surface area contributed by atoms with Crippen LogP contribution in [0.5, 0.6) is 0 Å². The van der Waals surface area contributed by atoms with E-state index in [9.17, 15) is 9.18 Å². The lowest BCUT2D eigenvalue weighted by Crippen LogP contribution is -2.37. The van der Waals surface area contributed by atoms with Crippen LogP contribution in [0, 0.1) is 5.82 Å². The van der Waals surface area contributed by atoms with Crippen LogP contribution >= 0.6 is 15.9 Å². The zero-order valence-corrected chi connectivity index (χ0v) is 13.8. The maximum absolute atomic E-state index is 13.5. The summed E-state index contributed by atoms with van der Waals surface area (Å²) in [5, 5.41) is 3.36. The maximum atomic E-state index is 13.5. The molecule has 0 saturated heterocycles. The zero-order valence-electron chi connectivity index (χ0n) is 12.2. The summed E-state index contributed by atoms with van der Waals surface area (Å²) in [7, 11) is 1.36. The number of benzene rings is 1. The van der Waals surface area contributed by atoms with Crippen LogP contribution in [-0.2, 0) is 9.53 Å². The molecule has 5 heteroatoms. The van der Waals surface area contributed by atoms with Crippen molar-refractivity contribution in [1.82, 2.24) is 5.32 Å². The number of ether oxygens (including phenoxy) is 1. The van der Waals surface area contributed by atoms with Gasteiger partial charge in [-0.1, -0.05) is 41.6 Å². The van der Waals surface area contributed by atoms with Gasteiger partial charge in [0.25, 0.3) is 0 Å². The summed E-state index contributed by atoms with van der Waals surface area (Å²) in [5.74, 6) is -0.740. The second-order valence-electron chi connectivity index (χ2n) is 5.48. The van der Waals surface area contributed by atoms with Gasteiger partial charge in [0, 0.05) is 10.5 Å². The molecule has 21 heavy (non-hydrogen) atoms. The third-order valence-electron chi connectivity index (χ3n) is 3.96. The molecule has 2 rings (SSSR count). The van der Waals surface area contributed by atoms with Crippen LogP contribution in [0.2, 0.25) is 0 Å². The maximum Gasteiger partial charge on any atom is 0.327 e. The molecule has 1 aliphatic rings. The van der Waals surface area contributed by atoms with Gasteiger partial charge in [-0.15, -0.1) is 0 Å². The first-order valence-corrected chi connectivity index (χ1v) is 8.20. The molecule has 1 saturated carbocycles. The lowest BCUT2D eigenvalue weighted by molar-refractivity contribution is -0.143. The average Bonchev–Trinajstić information content (AvgIpc) is 2.75. The standard InChI is InChI=1S/C16H21BrFNO2/c1-21-16(20)15(13-10-11(18)8-9-14(13)17)19-12-6-4-2-3-5-7-12/h8-10,12,15,19H,2-7H2,1H3. The monoisotopic (exact) mass is 357 g/mol. The Morgan fingerprint density at radius 1 is 1.33 bits per heavy atom. The SMILES string of the molecule is COC(=O)C(NC1CCCCCC1)c1cc(F)ccc1Br. The van der Waals surface area contributed by atoms with Crippen molar-refractivity contribution in [1.29, 1.82) is 0 Å². The second kappa shape index (κ2) is 7.90. The van der Waals surface area contributed by atoms with Gasteiger partial charge in [-0.2, -0.15) is 0 Å². The molecule has 1 fully saturated rings. The van der Waals surface area contributed by atoms with Crippen molar-refractivity contribution in [2.24, 2.45) is 0 Å². The summed E-state index contributed by atoms with van der Waals surface area (Å²) in [6, 6.07) is 4.01. The molecule has 0 radical (unpaired) electrons. The highest BCUT2D eigenvalue weighted by atomic mass is 79.9. The summed E-state index contributed by atoms with van der Waals surface area (Å²) in [4.78, 5) is 12.1. The lowest BCUT2D eigenvalue weighted by Gasteiger charge is -2.24. The van der Waals surface area contributed by atoms with Crippen LogP contribution in [-0.4, -0.2) is 19.1 Å². The van der Waals surface area contributed by atoms with Gasteiger partial charge in [-0.25, -0.2) is 9.18 Å². The Morgan fingerprint density at radius 3 is 2.62 bits per heavy atom. The van der Waals surface area contributed by atoms with E-state index in [4.69, 9.17) is 4.74 Å². The number of methoxy groups -OCH3 is 1. The number of nitrogens with one attached hydrogen (secondary N) is 1. The Bertz CT molecular complexity index is 487. The van der Waals surface area contributed by atoms with E-state index in [2.05, 4.69) is 21.2 Å². The molecule has 1 atom stereocenters. The molecule has 1 aliphatic carbocycles. The zero-order chi connectivity index (χ0) is 15.2. The van der Waals surface area contributed by atoms with E-state index in [1.54, 1.807) is 6.07 Å². The highest BCUT2D eigenvalue weighted by molar-refractivity contribution is 9.10. The Hall–Kier alpha value is -0.940. The summed E-state index contributed by atoms with van der Waals surface area (Å²) in [5.41, 5.74) is 0.589. The van der Waals surface area contributed by atoms with Gasteiger partial charge in [0.2, 0.25) is 0 Å². The third-order valence-corrected chi connectivity index (χ3v) is 4.69. The molecular formula is C16H21BrFNO2. The van der Waals surface area contributed by atoms with Gasteiger partial charge < -0.3 is 4.74 Å². The first-order valence-electron chi connectivity index (χ1n) is 7.40. The van der Waals surface area contributed by atoms with Gasteiger partial charge in [-0.05, 0) is 36.6 Å². The fraction of sp³-hybridized carbons (Fsp3) is 0.562. The highest BCUT2D eigenvalue weighted by Gasteiger charge is 2.27. The van der Waals surface area contributed by atoms with Gasteiger partial charge in [-0.3, -0.25) is 5.32 Å². The minimum absolute atomic E-state index is 0.270. The average molecular weight is 358 g/mol. The topological polar surface area (TPSA) is 38.3 Å². The number of carbonyl (C=O) groups is 1. The van der Waals surface area contributed by atoms with E-state index < -0.39 is 6.04 Å². The Kier molecular flexibility index (Phi) is 6.18. The predicted octanol–water partition coefficient (Wildman–Crippen LogP) is 4.11. The number of rotatable bonds is 4. The minimum atomic E-state index is -0.636. The van der Waals surface area contributed by atoms with Crippen molar-refractivity contribution < 1.29 is 13.9 Å². The van der Waals surface area contributed by atoms with Crippen molar-refractivity contribution in [2.75, 3.05) is 7.11 Å². The van der Waals surface area contributed by atoms with E-state index in [1.165, 1.54) is 32.1 Å². The number of carbonyl (C=O) groups excluding carboxylic acids is 1. The Morgan fingerprint density at radius 2 is 2.00 bits per heavy atom. The van der Waals surface area contributed by atoms with Crippen LogP contribution in [0.1, 0.15) is 50.1 Å². The fourth-order valence-corrected chi connectivity index (χ4v) is 3.30. The molecule has 0 heterocycles. The van der Waals surface area contributed by atoms with Crippen LogP contribution in [0.3, 0.4) is 0 Å². The molecule has 0 amide bonds. The van der Waals surface area contributed by atoms with Crippen molar-refractivity contribution in [3.63, 3.8) is 0 Å². The quantitative estimate of drug-likeness (QED) is 0.650. The normalized spacial score (nSPS) is 18.0. The molecular weight excluding hydrogens is 337 g/mol. The third kappa shape index (κ3) is 4.51. The first-order chi connectivity index (χ1) is 10.1. The van der Waals surface area contributed by atoms with E-state index >= 15 is 0 Å². The Labute approximate surface area is 133 Å². The Balaban J connectivity index is 2.21. The van der Waals surface area contributed by atoms with Crippen LogP contribution in [0.4, 0.5) is 4.39 Å². The molecule has 0 spiro atoms. The molecule has 0 bridgehead atoms. The van der Waals surface area contributed by atoms with E-state index in [0.717, 1.165) is 25.7 Å². The number of hydrogen-bond acceptors (Lipinski definition) is 3. The lowest BCUT2D eigenvalue weighted by atomic mass is 10.0. The van der Waals surface area contributed by atoms with Crippen LogP contribution in [0.15, 0.2) is 22.7 Å². The summed E-state index contributed by atoms with van der Waals surface area (Å²) in [6.45, 7) is 0. The van der Waals surface area contributed by atoms with Gasteiger partial charge in [0.15, 0.2) is 0 Å². The highest BCUT2D eigenvalue weighted by Crippen LogP contribution is 2.28. The van der Waals surface area contributed by atoms with Gasteiger partial charge >= 0.3 is 5.97 Å². The van der Waals surface area contributed by atoms with Crippen LogP contribution in [0.25, 0.3) is 0 Å². The summed E-state index contributed by atoms with van der Waals surface area (Å²) < 4.78 is 19.1. The number of hydrogen-bond donors (Lipinski definition) is 1. The predicted molar refractivity (Wildman–Crippen MR) is 83.5 cm³/mol. The fourth-order valence-electron chi connectivity index (χ4n) is 2.82. The van der Waals surface area contributed by atoms with Gasteiger partial charge in [0.1, 0.15) is 11.9 Å². The van der Waals surface area contributed by atoms with Gasteiger partial charge in [0.05, 0.1) is 7.11 Å².